The standard InChI is InChI=1S/C6H6N4O4/c11-7-3-1-2-4(10(12)13)6-5(3)8-14-9-6/h4,11H,1-2H2/b7-3+/t4-/m0/s1. The quantitative estimate of drug-likeness (QED) is 0.395. The Morgan fingerprint density at radius 3 is 3.07 bits per heavy atom. The van der Waals surface area contributed by atoms with Crippen molar-refractivity contribution in [1.29, 1.82) is 0 Å². The molecule has 0 bridgehead atoms. The van der Waals surface area contributed by atoms with E-state index in [1.165, 1.54) is 0 Å². The van der Waals surface area contributed by atoms with Gasteiger partial charge in [-0.05, 0) is 10.3 Å². The van der Waals surface area contributed by atoms with E-state index in [2.05, 4.69) is 20.1 Å². The highest BCUT2D eigenvalue weighted by molar-refractivity contribution is 6.00. The number of hydrogen-bond acceptors (Lipinski definition) is 7. The molecule has 0 radical (unpaired) electrons. The summed E-state index contributed by atoms with van der Waals surface area (Å²) in [6.45, 7) is 0. The first kappa shape index (κ1) is 8.60. The summed E-state index contributed by atoms with van der Waals surface area (Å²) in [7, 11) is 0. The first-order valence-electron chi connectivity index (χ1n) is 3.91. The molecule has 0 saturated carbocycles. The first-order valence-corrected chi connectivity index (χ1v) is 3.91. The summed E-state index contributed by atoms with van der Waals surface area (Å²) in [5.41, 5.74) is 0.592. The summed E-state index contributed by atoms with van der Waals surface area (Å²) < 4.78 is 4.38. The van der Waals surface area contributed by atoms with E-state index in [1.54, 1.807) is 0 Å². The molecule has 1 N–H and O–H groups in total. The largest absolute Gasteiger partial charge is 0.411 e. The number of nitro groups is 1. The third kappa shape index (κ3) is 1.11. The Morgan fingerprint density at radius 1 is 1.64 bits per heavy atom. The fourth-order valence-electron chi connectivity index (χ4n) is 1.45. The van der Waals surface area contributed by atoms with Crippen LogP contribution in [0.3, 0.4) is 0 Å². The third-order valence-corrected chi connectivity index (χ3v) is 2.13. The van der Waals surface area contributed by atoms with Crippen LogP contribution in [0.5, 0.6) is 0 Å². The SMILES string of the molecule is O=[N+]([O-])[C@H]1CC/C(=N\O)c2nonc21. The van der Waals surface area contributed by atoms with Gasteiger partial charge in [-0.2, -0.15) is 0 Å². The minimum atomic E-state index is -0.915. The maximum Gasteiger partial charge on any atom is 0.260 e. The minimum absolute atomic E-state index is 0.133. The molecule has 1 heterocycles. The van der Waals surface area contributed by atoms with Gasteiger partial charge in [0.25, 0.3) is 6.04 Å². The maximum atomic E-state index is 10.6. The molecule has 1 aromatic rings. The fraction of sp³-hybridized carbons (Fsp3) is 0.500. The van der Waals surface area contributed by atoms with Gasteiger partial charge < -0.3 is 5.21 Å². The summed E-state index contributed by atoms with van der Waals surface area (Å²) in [6, 6.07) is -0.915. The molecule has 8 nitrogen and oxygen atoms in total. The Balaban J connectivity index is 2.47. The van der Waals surface area contributed by atoms with Gasteiger partial charge in [-0.3, -0.25) is 10.1 Å². The molecule has 0 aromatic carbocycles. The molecule has 1 aliphatic carbocycles. The molecule has 74 valence electrons. The van der Waals surface area contributed by atoms with Crippen LogP contribution < -0.4 is 0 Å². The lowest BCUT2D eigenvalue weighted by Crippen LogP contribution is -2.21. The zero-order valence-electron chi connectivity index (χ0n) is 6.95. The van der Waals surface area contributed by atoms with E-state index in [4.69, 9.17) is 5.21 Å². The van der Waals surface area contributed by atoms with Crippen molar-refractivity contribution in [3.8, 4) is 0 Å². The second-order valence-electron chi connectivity index (χ2n) is 2.88. The van der Waals surface area contributed by atoms with Crippen molar-refractivity contribution in [3.63, 3.8) is 0 Å². The van der Waals surface area contributed by atoms with Crippen LogP contribution >= 0.6 is 0 Å². The topological polar surface area (TPSA) is 115 Å². The van der Waals surface area contributed by atoms with Gasteiger partial charge in [0.05, 0.1) is 0 Å². The molecule has 1 aromatic heterocycles. The van der Waals surface area contributed by atoms with E-state index in [0.717, 1.165) is 0 Å². The van der Waals surface area contributed by atoms with E-state index in [-0.39, 0.29) is 23.5 Å². The lowest BCUT2D eigenvalue weighted by molar-refractivity contribution is -0.531. The molecule has 0 unspecified atom stereocenters. The zero-order valence-corrected chi connectivity index (χ0v) is 6.95. The number of oxime groups is 1. The summed E-state index contributed by atoms with van der Waals surface area (Å²) >= 11 is 0. The predicted octanol–water partition coefficient (Wildman–Crippen LogP) is 0.359. The fourth-order valence-corrected chi connectivity index (χ4v) is 1.45. The molecule has 1 atom stereocenters. The van der Waals surface area contributed by atoms with Crippen LogP contribution in [0.15, 0.2) is 9.78 Å². The van der Waals surface area contributed by atoms with E-state index < -0.39 is 11.0 Å². The smallest absolute Gasteiger partial charge is 0.260 e. The molecule has 14 heavy (non-hydrogen) atoms. The van der Waals surface area contributed by atoms with Crippen LogP contribution in [0.2, 0.25) is 0 Å². The summed E-state index contributed by atoms with van der Waals surface area (Å²) in [6.07, 6.45) is 0.539. The van der Waals surface area contributed by atoms with Gasteiger partial charge in [-0.15, -0.1) is 0 Å². The first-order chi connectivity index (χ1) is 6.74. The molecule has 0 fully saturated rings. The molecule has 1 aliphatic rings. The van der Waals surface area contributed by atoms with Crippen LogP contribution in [0.1, 0.15) is 30.3 Å². The Hall–Kier alpha value is -1.99. The van der Waals surface area contributed by atoms with Crippen molar-refractivity contribution in [2.75, 3.05) is 0 Å². The summed E-state index contributed by atoms with van der Waals surface area (Å²) in [5.74, 6) is 0. The van der Waals surface area contributed by atoms with Crippen molar-refractivity contribution in [3.05, 3.63) is 21.5 Å². The minimum Gasteiger partial charge on any atom is -0.411 e. The highest BCUT2D eigenvalue weighted by Crippen LogP contribution is 2.29. The maximum absolute atomic E-state index is 10.6. The average Bonchev–Trinajstić information content (AvgIpc) is 2.64. The normalized spacial score (nSPS) is 23.4. The Kier molecular flexibility index (Phi) is 1.88. The van der Waals surface area contributed by atoms with E-state index in [0.29, 0.717) is 6.42 Å². The molecule has 0 amide bonds. The second kappa shape index (κ2) is 3.05. The van der Waals surface area contributed by atoms with Gasteiger partial charge in [-0.1, -0.05) is 5.16 Å². The highest BCUT2D eigenvalue weighted by atomic mass is 16.6. The lowest BCUT2D eigenvalue weighted by Gasteiger charge is -2.12. The van der Waals surface area contributed by atoms with Gasteiger partial charge in [0.15, 0.2) is 11.4 Å². The third-order valence-electron chi connectivity index (χ3n) is 2.13. The van der Waals surface area contributed by atoms with Crippen LogP contribution in [-0.2, 0) is 0 Å². The van der Waals surface area contributed by atoms with Crippen molar-refractivity contribution in [1.82, 2.24) is 10.3 Å². The molecular formula is C6H6N4O4. The Bertz CT molecular complexity index is 398. The zero-order chi connectivity index (χ0) is 10.1. The lowest BCUT2D eigenvalue weighted by atomic mass is 9.95. The molecule has 0 aliphatic heterocycles. The van der Waals surface area contributed by atoms with Crippen LogP contribution in [0, 0.1) is 10.1 Å². The number of nitrogens with zero attached hydrogens (tertiary/aromatic N) is 4. The van der Waals surface area contributed by atoms with E-state index in [1.807, 2.05) is 0 Å². The van der Waals surface area contributed by atoms with Crippen LogP contribution in [0.4, 0.5) is 0 Å². The Labute approximate surface area is 77.3 Å². The number of rotatable bonds is 1. The van der Waals surface area contributed by atoms with Crippen molar-refractivity contribution in [2.24, 2.45) is 5.16 Å². The van der Waals surface area contributed by atoms with Gasteiger partial charge in [0, 0.05) is 17.8 Å². The van der Waals surface area contributed by atoms with Crippen molar-refractivity contribution >= 4 is 5.71 Å². The summed E-state index contributed by atoms with van der Waals surface area (Å²) in [5, 5.41) is 29.1. The Morgan fingerprint density at radius 2 is 2.43 bits per heavy atom. The number of aromatic nitrogens is 2. The van der Waals surface area contributed by atoms with Crippen molar-refractivity contribution < 1.29 is 14.8 Å². The van der Waals surface area contributed by atoms with E-state index in [9.17, 15) is 10.1 Å². The molecule has 8 heteroatoms. The van der Waals surface area contributed by atoms with Gasteiger partial charge in [-0.25, -0.2) is 4.63 Å². The van der Waals surface area contributed by atoms with Gasteiger partial charge in [0.2, 0.25) is 0 Å². The molecule has 0 saturated heterocycles. The predicted molar refractivity (Wildman–Crippen MR) is 41.6 cm³/mol. The molecule has 2 rings (SSSR count). The van der Waals surface area contributed by atoms with Gasteiger partial charge in [0.1, 0.15) is 5.71 Å². The van der Waals surface area contributed by atoms with Crippen molar-refractivity contribution in [2.45, 2.75) is 18.9 Å². The average molecular weight is 198 g/mol. The molecular weight excluding hydrogens is 192 g/mol. The number of fused-ring (bicyclic) bond motifs is 1. The van der Waals surface area contributed by atoms with E-state index >= 15 is 0 Å². The molecule has 0 spiro atoms. The summed E-state index contributed by atoms with van der Waals surface area (Å²) in [4.78, 5) is 10.2. The monoisotopic (exact) mass is 198 g/mol. The highest BCUT2D eigenvalue weighted by Gasteiger charge is 2.37. The second-order valence-corrected chi connectivity index (χ2v) is 2.88. The van der Waals surface area contributed by atoms with Crippen LogP contribution in [0.25, 0.3) is 0 Å². The number of hydrogen-bond donors (Lipinski definition) is 1. The van der Waals surface area contributed by atoms with Gasteiger partial charge >= 0.3 is 0 Å². The van der Waals surface area contributed by atoms with Crippen LogP contribution in [-0.4, -0.2) is 26.2 Å².